The lowest BCUT2D eigenvalue weighted by molar-refractivity contribution is 0.0951. The molecule has 0 radical (unpaired) electrons. The maximum absolute atomic E-state index is 11.9. The topological polar surface area (TPSA) is 49.3 Å². The Hall–Kier alpha value is -1.71. The first kappa shape index (κ1) is 13.7. The van der Waals surface area contributed by atoms with E-state index in [4.69, 9.17) is 23.2 Å². The summed E-state index contributed by atoms with van der Waals surface area (Å²) in [5, 5.41) is 13.0. The van der Waals surface area contributed by atoms with Crippen LogP contribution in [0, 0.1) is 0 Å². The Labute approximate surface area is 120 Å². The first-order valence-electron chi connectivity index (χ1n) is 5.58. The number of nitrogens with one attached hydrogen (secondary N) is 1. The monoisotopic (exact) mass is 295 g/mol. The third-order valence-corrected chi connectivity index (χ3v) is 3.35. The van der Waals surface area contributed by atoms with Gasteiger partial charge in [-0.1, -0.05) is 41.4 Å². The highest BCUT2D eigenvalue weighted by Crippen LogP contribution is 2.22. The number of hydrogen-bond donors (Lipinski definition) is 2. The molecule has 0 heterocycles. The number of phenols is 1. The maximum atomic E-state index is 11.9. The molecule has 0 saturated heterocycles. The van der Waals surface area contributed by atoms with Gasteiger partial charge in [0.05, 0.1) is 10.0 Å². The average molecular weight is 296 g/mol. The van der Waals surface area contributed by atoms with E-state index in [1.807, 2.05) is 0 Å². The number of rotatable bonds is 3. The zero-order valence-corrected chi connectivity index (χ0v) is 11.4. The van der Waals surface area contributed by atoms with Crippen LogP contribution in [0.4, 0.5) is 0 Å². The molecule has 2 aromatic carbocycles. The van der Waals surface area contributed by atoms with E-state index in [2.05, 4.69) is 5.32 Å². The van der Waals surface area contributed by atoms with Gasteiger partial charge >= 0.3 is 0 Å². The Morgan fingerprint density at radius 2 is 1.84 bits per heavy atom. The van der Waals surface area contributed by atoms with Gasteiger partial charge in [-0.25, -0.2) is 0 Å². The van der Waals surface area contributed by atoms with Gasteiger partial charge < -0.3 is 10.4 Å². The maximum Gasteiger partial charge on any atom is 0.251 e. The molecule has 0 aliphatic heterocycles. The molecule has 0 aromatic heterocycles. The first-order valence-corrected chi connectivity index (χ1v) is 6.33. The molecule has 2 rings (SSSR count). The van der Waals surface area contributed by atoms with Gasteiger partial charge in [0.2, 0.25) is 0 Å². The zero-order chi connectivity index (χ0) is 13.8. The first-order chi connectivity index (χ1) is 9.08. The van der Waals surface area contributed by atoms with Crippen LogP contribution < -0.4 is 5.32 Å². The average Bonchev–Trinajstić information content (AvgIpc) is 2.40. The summed E-state index contributed by atoms with van der Waals surface area (Å²) >= 11 is 11.6. The van der Waals surface area contributed by atoms with Crippen molar-refractivity contribution in [1.82, 2.24) is 5.32 Å². The molecule has 3 nitrogen and oxygen atoms in total. The van der Waals surface area contributed by atoms with Crippen LogP contribution >= 0.6 is 23.2 Å². The van der Waals surface area contributed by atoms with Gasteiger partial charge in [-0.05, 0) is 24.3 Å². The second kappa shape index (κ2) is 5.95. The molecule has 0 atom stereocenters. The second-order valence-corrected chi connectivity index (χ2v) is 4.75. The van der Waals surface area contributed by atoms with Crippen LogP contribution in [-0.2, 0) is 6.54 Å². The Kier molecular flexibility index (Phi) is 4.30. The van der Waals surface area contributed by atoms with Crippen LogP contribution in [0.1, 0.15) is 15.9 Å². The van der Waals surface area contributed by atoms with Crippen molar-refractivity contribution < 1.29 is 9.90 Å². The summed E-state index contributed by atoms with van der Waals surface area (Å²) in [5.41, 5.74) is 1.07. The van der Waals surface area contributed by atoms with Gasteiger partial charge in [0.25, 0.3) is 5.91 Å². The van der Waals surface area contributed by atoms with E-state index < -0.39 is 0 Å². The lowest BCUT2D eigenvalue weighted by Crippen LogP contribution is -2.22. The number of amides is 1. The summed E-state index contributed by atoms with van der Waals surface area (Å²) in [6.07, 6.45) is 0. The van der Waals surface area contributed by atoms with E-state index in [9.17, 15) is 9.90 Å². The van der Waals surface area contributed by atoms with Gasteiger partial charge in [-0.2, -0.15) is 0 Å². The molecule has 0 aliphatic rings. The molecule has 0 unspecified atom stereocenters. The molecule has 98 valence electrons. The fourth-order valence-electron chi connectivity index (χ4n) is 1.58. The van der Waals surface area contributed by atoms with Crippen LogP contribution in [0.2, 0.25) is 10.0 Å². The molecule has 1 amide bonds. The molecule has 5 heteroatoms. The molecule has 2 aromatic rings. The Balaban J connectivity index is 2.05. The number of carbonyl (C=O) groups excluding carboxylic acids is 1. The highest BCUT2D eigenvalue weighted by molar-refractivity contribution is 6.42. The quantitative estimate of drug-likeness (QED) is 0.908. The van der Waals surface area contributed by atoms with Crippen molar-refractivity contribution in [3.63, 3.8) is 0 Å². The van der Waals surface area contributed by atoms with Crippen molar-refractivity contribution in [2.75, 3.05) is 0 Å². The molecule has 0 bridgehead atoms. The van der Waals surface area contributed by atoms with Crippen LogP contribution in [0.3, 0.4) is 0 Å². The third-order valence-electron chi connectivity index (χ3n) is 2.61. The largest absolute Gasteiger partial charge is 0.508 e. The van der Waals surface area contributed by atoms with E-state index in [0.717, 1.165) is 0 Å². The normalized spacial score (nSPS) is 10.2. The molecular formula is C14H11Cl2NO2. The van der Waals surface area contributed by atoms with Crippen molar-refractivity contribution in [2.45, 2.75) is 6.54 Å². The summed E-state index contributed by atoms with van der Waals surface area (Å²) in [5.74, 6) is -0.126. The zero-order valence-electron chi connectivity index (χ0n) is 9.86. The van der Waals surface area contributed by atoms with Crippen molar-refractivity contribution in [3.8, 4) is 5.75 Å². The van der Waals surface area contributed by atoms with Crippen LogP contribution in [-0.4, -0.2) is 11.0 Å². The number of halogens is 2. The number of carbonyl (C=O) groups is 1. The van der Waals surface area contributed by atoms with E-state index in [1.54, 1.807) is 36.4 Å². The van der Waals surface area contributed by atoms with Crippen LogP contribution in [0.25, 0.3) is 0 Å². The Morgan fingerprint density at radius 1 is 1.11 bits per heavy atom. The molecule has 0 spiro atoms. The molecule has 2 N–H and O–H groups in total. The minimum absolute atomic E-state index is 0.150. The SMILES string of the molecule is O=C(NCc1ccccc1O)c1ccc(Cl)c(Cl)c1. The van der Waals surface area contributed by atoms with Gasteiger partial charge in [-0.15, -0.1) is 0 Å². The van der Waals surface area contributed by atoms with Gasteiger partial charge in [0.15, 0.2) is 0 Å². The van der Waals surface area contributed by atoms with E-state index in [-0.39, 0.29) is 18.2 Å². The van der Waals surface area contributed by atoms with E-state index in [1.165, 1.54) is 6.07 Å². The molecule has 19 heavy (non-hydrogen) atoms. The third kappa shape index (κ3) is 3.40. The van der Waals surface area contributed by atoms with Crippen LogP contribution in [0.5, 0.6) is 5.75 Å². The summed E-state index contributed by atoms with van der Waals surface area (Å²) in [6, 6.07) is 11.5. The van der Waals surface area contributed by atoms with Crippen LogP contribution in [0.15, 0.2) is 42.5 Å². The number of aromatic hydroxyl groups is 1. The van der Waals surface area contributed by atoms with Gasteiger partial charge in [-0.3, -0.25) is 4.79 Å². The fourth-order valence-corrected chi connectivity index (χ4v) is 1.87. The smallest absolute Gasteiger partial charge is 0.251 e. The Bertz CT molecular complexity index is 614. The number of phenolic OH excluding ortho intramolecular Hbond substituents is 1. The van der Waals surface area contributed by atoms with E-state index in [0.29, 0.717) is 21.2 Å². The summed E-state index contributed by atoms with van der Waals surface area (Å²) in [6.45, 7) is 0.242. The molecule has 0 saturated carbocycles. The van der Waals surface area contributed by atoms with Gasteiger partial charge in [0.1, 0.15) is 5.75 Å². The van der Waals surface area contributed by atoms with Crippen molar-refractivity contribution in [3.05, 3.63) is 63.6 Å². The predicted octanol–water partition coefficient (Wildman–Crippen LogP) is 3.63. The highest BCUT2D eigenvalue weighted by Gasteiger charge is 2.08. The fraction of sp³-hybridized carbons (Fsp3) is 0.0714. The number of hydrogen-bond acceptors (Lipinski definition) is 2. The van der Waals surface area contributed by atoms with Crippen molar-refractivity contribution in [1.29, 1.82) is 0 Å². The van der Waals surface area contributed by atoms with Crippen molar-refractivity contribution in [2.24, 2.45) is 0 Å². The minimum Gasteiger partial charge on any atom is -0.508 e. The standard InChI is InChI=1S/C14H11Cl2NO2/c15-11-6-5-9(7-12(11)16)14(19)17-8-10-3-1-2-4-13(10)18/h1-7,18H,8H2,(H,17,19). The lowest BCUT2D eigenvalue weighted by atomic mass is 10.2. The molecule has 0 fully saturated rings. The summed E-state index contributed by atoms with van der Waals surface area (Å²) < 4.78 is 0. The van der Waals surface area contributed by atoms with E-state index >= 15 is 0 Å². The highest BCUT2D eigenvalue weighted by atomic mass is 35.5. The molecular weight excluding hydrogens is 285 g/mol. The summed E-state index contributed by atoms with van der Waals surface area (Å²) in [7, 11) is 0. The minimum atomic E-state index is -0.276. The second-order valence-electron chi connectivity index (χ2n) is 3.94. The molecule has 0 aliphatic carbocycles. The lowest BCUT2D eigenvalue weighted by Gasteiger charge is -2.07. The van der Waals surface area contributed by atoms with Gasteiger partial charge in [0, 0.05) is 17.7 Å². The summed E-state index contributed by atoms with van der Waals surface area (Å²) in [4.78, 5) is 11.9. The number of benzene rings is 2. The Morgan fingerprint density at radius 3 is 2.53 bits per heavy atom. The predicted molar refractivity (Wildman–Crippen MR) is 75.7 cm³/mol. The van der Waals surface area contributed by atoms with Crippen molar-refractivity contribution >= 4 is 29.1 Å². The number of para-hydroxylation sites is 1.